The summed E-state index contributed by atoms with van der Waals surface area (Å²) in [4.78, 5) is 14.3. The van der Waals surface area contributed by atoms with Crippen LogP contribution in [0.25, 0.3) is 0 Å². The number of hydrogen-bond acceptors (Lipinski definition) is 4. The van der Waals surface area contributed by atoms with Crippen LogP contribution >= 0.6 is 0 Å². The normalized spacial score (nSPS) is 9.09. The van der Waals surface area contributed by atoms with Crippen molar-refractivity contribution in [1.82, 2.24) is 15.5 Å². The highest BCUT2D eigenvalue weighted by atomic mass is 16.5. The Kier molecular flexibility index (Phi) is 2.37. The fourth-order valence-corrected chi connectivity index (χ4v) is 0.509. The highest BCUT2D eigenvalue weighted by molar-refractivity contribution is 5.86. The van der Waals surface area contributed by atoms with Gasteiger partial charge in [0.15, 0.2) is 5.82 Å². The Hall–Kier alpha value is -1.65. The van der Waals surface area contributed by atoms with Gasteiger partial charge in [0.05, 0.1) is 6.54 Å². The van der Waals surface area contributed by atoms with Crippen molar-refractivity contribution in [3.8, 4) is 0 Å². The van der Waals surface area contributed by atoms with Crippen LogP contribution in [0.4, 0.5) is 0 Å². The summed E-state index contributed by atoms with van der Waals surface area (Å²) in [7, 11) is 0. The lowest BCUT2D eigenvalue weighted by molar-refractivity contribution is -0.116. The van der Waals surface area contributed by atoms with Gasteiger partial charge in [0.1, 0.15) is 0 Å². The highest BCUT2D eigenvalue weighted by Gasteiger charge is 1.98. The van der Waals surface area contributed by atoms with E-state index in [-0.39, 0.29) is 12.5 Å². The fraction of sp³-hybridized carbons (Fsp3) is 0.167. The molecule has 58 valence electrons. The molecule has 1 rings (SSSR count). The molecule has 0 fully saturated rings. The van der Waals surface area contributed by atoms with Gasteiger partial charge in [0, 0.05) is 0 Å². The summed E-state index contributed by atoms with van der Waals surface area (Å²) in [6.45, 7) is 3.55. The standard InChI is InChI=1S/C6H7N3O2/c1-2-6(10)7-3-5-8-4-11-9-5/h2,4H,1,3H2,(H,7,10). The van der Waals surface area contributed by atoms with Crippen LogP contribution in [-0.4, -0.2) is 16.0 Å². The number of nitrogens with one attached hydrogen (secondary N) is 1. The van der Waals surface area contributed by atoms with Gasteiger partial charge in [0.25, 0.3) is 0 Å². The average Bonchev–Trinajstić information content (AvgIpc) is 2.52. The molecular weight excluding hydrogens is 146 g/mol. The molecule has 1 amide bonds. The lowest BCUT2D eigenvalue weighted by Gasteiger charge is -1.94. The zero-order valence-electron chi connectivity index (χ0n) is 5.78. The molecule has 0 aliphatic rings. The molecule has 0 unspecified atom stereocenters. The van der Waals surface area contributed by atoms with Crippen molar-refractivity contribution in [2.24, 2.45) is 0 Å². The summed E-state index contributed by atoms with van der Waals surface area (Å²) in [6.07, 6.45) is 2.38. The predicted molar refractivity (Wildman–Crippen MR) is 36.3 cm³/mol. The summed E-state index contributed by atoms with van der Waals surface area (Å²) in [5, 5.41) is 5.98. The quantitative estimate of drug-likeness (QED) is 0.614. The molecule has 1 heterocycles. The minimum absolute atomic E-state index is 0.255. The minimum Gasteiger partial charge on any atom is -0.345 e. The average molecular weight is 153 g/mol. The number of aromatic nitrogens is 2. The highest BCUT2D eigenvalue weighted by Crippen LogP contribution is 1.85. The van der Waals surface area contributed by atoms with Crippen LogP contribution in [0, 0.1) is 0 Å². The van der Waals surface area contributed by atoms with Crippen molar-refractivity contribution in [3.63, 3.8) is 0 Å². The van der Waals surface area contributed by atoms with Crippen LogP contribution in [0.2, 0.25) is 0 Å². The van der Waals surface area contributed by atoms with E-state index in [0.29, 0.717) is 5.82 Å². The van der Waals surface area contributed by atoms with E-state index in [0.717, 1.165) is 0 Å². The molecule has 0 spiro atoms. The summed E-state index contributed by atoms with van der Waals surface area (Å²) < 4.78 is 4.44. The molecule has 0 atom stereocenters. The van der Waals surface area contributed by atoms with Gasteiger partial charge < -0.3 is 9.84 Å². The molecule has 0 bridgehead atoms. The molecule has 0 radical (unpaired) electrons. The molecule has 5 nitrogen and oxygen atoms in total. The molecule has 1 aromatic rings. The monoisotopic (exact) mass is 153 g/mol. The van der Waals surface area contributed by atoms with Crippen LogP contribution in [0.15, 0.2) is 23.6 Å². The molecule has 0 aliphatic heterocycles. The first kappa shape index (κ1) is 7.46. The zero-order chi connectivity index (χ0) is 8.10. The Morgan fingerprint density at radius 2 is 2.73 bits per heavy atom. The fourth-order valence-electron chi connectivity index (χ4n) is 0.509. The van der Waals surface area contributed by atoms with Crippen molar-refractivity contribution in [2.75, 3.05) is 0 Å². The third-order valence-electron chi connectivity index (χ3n) is 1.01. The van der Waals surface area contributed by atoms with Crippen molar-refractivity contribution in [2.45, 2.75) is 6.54 Å². The molecule has 5 heteroatoms. The Balaban J connectivity index is 2.34. The van der Waals surface area contributed by atoms with Gasteiger partial charge in [-0.1, -0.05) is 11.7 Å². The summed E-state index contributed by atoms with van der Waals surface area (Å²) in [6, 6.07) is 0. The van der Waals surface area contributed by atoms with Crippen molar-refractivity contribution in [3.05, 3.63) is 24.9 Å². The zero-order valence-corrected chi connectivity index (χ0v) is 5.78. The van der Waals surface area contributed by atoms with Gasteiger partial charge in [0.2, 0.25) is 12.3 Å². The second-order valence-electron chi connectivity index (χ2n) is 1.77. The van der Waals surface area contributed by atoms with Crippen LogP contribution in [0.3, 0.4) is 0 Å². The Morgan fingerprint density at radius 3 is 3.27 bits per heavy atom. The van der Waals surface area contributed by atoms with Crippen molar-refractivity contribution < 1.29 is 9.32 Å². The van der Waals surface area contributed by atoms with Gasteiger partial charge in [-0.3, -0.25) is 4.79 Å². The predicted octanol–water partition coefficient (Wildman–Crippen LogP) is -0.128. The van der Waals surface area contributed by atoms with E-state index in [4.69, 9.17) is 0 Å². The maximum absolute atomic E-state index is 10.6. The molecule has 0 saturated carbocycles. The SMILES string of the molecule is C=CC(=O)NCc1ncon1. The second kappa shape index (κ2) is 3.50. The van der Waals surface area contributed by atoms with E-state index < -0.39 is 0 Å². The molecule has 11 heavy (non-hydrogen) atoms. The molecular formula is C6H7N3O2. The second-order valence-corrected chi connectivity index (χ2v) is 1.77. The largest absolute Gasteiger partial charge is 0.345 e. The maximum atomic E-state index is 10.6. The van der Waals surface area contributed by atoms with Crippen molar-refractivity contribution >= 4 is 5.91 Å². The number of hydrogen-bond donors (Lipinski definition) is 1. The van der Waals surface area contributed by atoms with E-state index in [2.05, 4.69) is 26.6 Å². The van der Waals surface area contributed by atoms with Gasteiger partial charge in [-0.05, 0) is 6.08 Å². The first-order valence-electron chi connectivity index (χ1n) is 2.98. The molecule has 0 aliphatic carbocycles. The van der Waals surface area contributed by atoms with Crippen LogP contribution in [-0.2, 0) is 11.3 Å². The van der Waals surface area contributed by atoms with Gasteiger partial charge in [-0.15, -0.1) is 0 Å². The molecule has 0 saturated heterocycles. The van der Waals surface area contributed by atoms with E-state index in [9.17, 15) is 4.79 Å². The summed E-state index contributed by atoms with van der Waals surface area (Å²) >= 11 is 0. The van der Waals surface area contributed by atoms with Crippen molar-refractivity contribution in [1.29, 1.82) is 0 Å². The number of rotatable bonds is 3. The summed E-state index contributed by atoms with van der Waals surface area (Å²) in [5.41, 5.74) is 0. The van der Waals surface area contributed by atoms with Gasteiger partial charge in [-0.2, -0.15) is 4.98 Å². The van der Waals surface area contributed by atoms with E-state index in [1.165, 1.54) is 12.5 Å². The first-order valence-corrected chi connectivity index (χ1v) is 2.98. The Labute approximate surface area is 63.1 Å². The van der Waals surface area contributed by atoms with E-state index >= 15 is 0 Å². The molecule has 1 N–H and O–H groups in total. The first-order chi connectivity index (χ1) is 5.33. The Bertz CT molecular complexity index is 242. The smallest absolute Gasteiger partial charge is 0.243 e. The molecule has 0 aromatic carbocycles. The third-order valence-corrected chi connectivity index (χ3v) is 1.01. The van der Waals surface area contributed by atoms with Crippen LogP contribution in [0.5, 0.6) is 0 Å². The number of amides is 1. The summed E-state index contributed by atoms with van der Waals surface area (Å²) in [5.74, 6) is 0.190. The lowest BCUT2D eigenvalue weighted by atomic mass is 10.5. The number of carbonyl (C=O) groups is 1. The van der Waals surface area contributed by atoms with E-state index in [1.807, 2.05) is 0 Å². The minimum atomic E-state index is -0.255. The molecule has 1 aromatic heterocycles. The number of carbonyl (C=O) groups excluding carboxylic acids is 1. The lowest BCUT2D eigenvalue weighted by Crippen LogP contribution is -2.20. The van der Waals surface area contributed by atoms with Crippen LogP contribution in [0.1, 0.15) is 5.82 Å². The topological polar surface area (TPSA) is 68.0 Å². The Morgan fingerprint density at radius 1 is 1.91 bits per heavy atom. The third kappa shape index (κ3) is 2.21. The van der Waals surface area contributed by atoms with E-state index in [1.54, 1.807) is 0 Å². The van der Waals surface area contributed by atoms with Gasteiger partial charge >= 0.3 is 0 Å². The van der Waals surface area contributed by atoms with Gasteiger partial charge in [-0.25, -0.2) is 0 Å². The number of nitrogens with zero attached hydrogens (tertiary/aromatic N) is 2. The maximum Gasteiger partial charge on any atom is 0.243 e. The van der Waals surface area contributed by atoms with Crippen LogP contribution < -0.4 is 5.32 Å².